The summed E-state index contributed by atoms with van der Waals surface area (Å²) in [6.45, 7) is 4.68. The molecule has 0 saturated heterocycles. The number of rotatable bonds is 8. The summed E-state index contributed by atoms with van der Waals surface area (Å²) in [6.07, 6.45) is 8.11. The SMILES string of the molecule is CCCCCCCN=Cc1cc(C=O)c2c(ccc3c(C)cc(=O)oc32)c1O. The van der Waals surface area contributed by atoms with Gasteiger partial charge in [0.25, 0.3) is 0 Å². The molecule has 0 fully saturated rings. The molecule has 1 aromatic heterocycles. The van der Waals surface area contributed by atoms with Crippen molar-refractivity contribution in [2.24, 2.45) is 4.99 Å². The maximum atomic E-state index is 11.8. The summed E-state index contributed by atoms with van der Waals surface area (Å²) in [5.41, 5.74) is 1.44. The number of unbranched alkanes of at least 4 members (excludes halogenated alkanes) is 4. The van der Waals surface area contributed by atoms with Crippen molar-refractivity contribution in [3.63, 3.8) is 0 Å². The van der Waals surface area contributed by atoms with E-state index in [0.717, 1.165) is 23.8 Å². The Morgan fingerprint density at radius 2 is 1.82 bits per heavy atom. The van der Waals surface area contributed by atoms with Crippen molar-refractivity contribution >= 4 is 34.2 Å². The average molecular weight is 379 g/mol. The molecule has 0 saturated carbocycles. The number of aryl methyl sites for hydroxylation is 1. The average Bonchev–Trinajstić information content (AvgIpc) is 2.68. The van der Waals surface area contributed by atoms with Gasteiger partial charge in [0.2, 0.25) is 0 Å². The van der Waals surface area contributed by atoms with Crippen LogP contribution in [0.4, 0.5) is 0 Å². The van der Waals surface area contributed by atoms with Gasteiger partial charge in [0.1, 0.15) is 11.3 Å². The monoisotopic (exact) mass is 379 g/mol. The van der Waals surface area contributed by atoms with Crippen LogP contribution in [0.3, 0.4) is 0 Å². The lowest BCUT2D eigenvalue weighted by molar-refractivity contribution is 0.112. The Kier molecular flexibility index (Phi) is 6.24. The molecule has 28 heavy (non-hydrogen) atoms. The van der Waals surface area contributed by atoms with Gasteiger partial charge >= 0.3 is 5.63 Å². The number of nitrogens with zero attached hydrogens (tertiary/aromatic N) is 1. The summed E-state index contributed by atoms with van der Waals surface area (Å²) in [7, 11) is 0. The van der Waals surface area contributed by atoms with Crippen LogP contribution in [0, 0.1) is 6.92 Å². The highest BCUT2D eigenvalue weighted by Crippen LogP contribution is 2.35. The minimum Gasteiger partial charge on any atom is -0.507 e. The Labute approximate surface area is 163 Å². The van der Waals surface area contributed by atoms with Gasteiger partial charge in [0.15, 0.2) is 6.29 Å². The van der Waals surface area contributed by atoms with Crippen LogP contribution in [-0.2, 0) is 0 Å². The topological polar surface area (TPSA) is 79.9 Å². The lowest BCUT2D eigenvalue weighted by Crippen LogP contribution is -2.00. The Morgan fingerprint density at radius 1 is 1.07 bits per heavy atom. The Hall–Kier alpha value is -2.95. The first kappa shape index (κ1) is 19.8. The summed E-state index contributed by atoms with van der Waals surface area (Å²) in [6, 6.07) is 6.54. The molecular formula is C23H25NO4. The van der Waals surface area contributed by atoms with Crippen molar-refractivity contribution in [2.45, 2.75) is 46.0 Å². The summed E-state index contributed by atoms with van der Waals surface area (Å²) < 4.78 is 5.38. The molecule has 3 rings (SSSR count). The highest BCUT2D eigenvalue weighted by atomic mass is 16.4. The molecule has 0 aliphatic heterocycles. The number of phenolic OH excluding ortho intramolecular Hbond substituents is 1. The van der Waals surface area contributed by atoms with E-state index >= 15 is 0 Å². The van der Waals surface area contributed by atoms with E-state index in [2.05, 4.69) is 11.9 Å². The third-order valence-electron chi connectivity index (χ3n) is 5.00. The Bertz CT molecular complexity index is 1100. The number of hydrogen-bond donors (Lipinski definition) is 1. The molecule has 0 atom stereocenters. The zero-order chi connectivity index (χ0) is 20.1. The van der Waals surface area contributed by atoms with Crippen LogP contribution in [0.1, 0.15) is 60.5 Å². The smallest absolute Gasteiger partial charge is 0.336 e. The maximum Gasteiger partial charge on any atom is 0.336 e. The van der Waals surface area contributed by atoms with E-state index in [4.69, 9.17) is 4.42 Å². The molecule has 0 aliphatic rings. The van der Waals surface area contributed by atoms with Gasteiger partial charge in [-0.1, -0.05) is 38.7 Å². The number of carbonyl (C=O) groups is 1. The van der Waals surface area contributed by atoms with Crippen molar-refractivity contribution in [1.82, 2.24) is 0 Å². The molecule has 1 N–H and O–H groups in total. The number of aliphatic imine (C=N–C) groups is 1. The first-order valence-electron chi connectivity index (χ1n) is 9.75. The molecule has 0 bridgehead atoms. The predicted molar refractivity (Wildman–Crippen MR) is 113 cm³/mol. The Balaban J connectivity index is 2.01. The van der Waals surface area contributed by atoms with Gasteiger partial charge in [-0.15, -0.1) is 0 Å². The van der Waals surface area contributed by atoms with Crippen LogP contribution in [-0.4, -0.2) is 24.2 Å². The number of aromatic hydroxyl groups is 1. The lowest BCUT2D eigenvalue weighted by atomic mass is 9.97. The zero-order valence-electron chi connectivity index (χ0n) is 16.3. The molecule has 146 valence electrons. The number of carbonyl (C=O) groups excluding carboxylic acids is 1. The van der Waals surface area contributed by atoms with Crippen molar-refractivity contribution in [3.8, 4) is 5.75 Å². The first-order valence-corrected chi connectivity index (χ1v) is 9.75. The minimum absolute atomic E-state index is 0.0291. The van der Waals surface area contributed by atoms with E-state index in [1.165, 1.54) is 25.3 Å². The van der Waals surface area contributed by atoms with Crippen molar-refractivity contribution in [3.05, 3.63) is 51.4 Å². The van der Waals surface area contributed by atoms with E-state index in [-0.39, 0.29) is 5.75 Å². The summed E-state index contributed by atoms with van der Waals surface area (Å²) in [5, 5.41) is 12.4. The maximum absolute atomic E-state index is 11.8. The number of benzene rings is 2. The van der Waals surface area contributed by atoms with Crippen LogP contribution in [0.5, 0.6) is 5.75 Å². The zero-order valence-corrected chi connectivity index (χ0v) is 16.3. The first-order chi connectivity index (χ1) is 13.6. The second-order valence-corrected chi connectivity index (χ2v) is 7.08. The fourth-order valence-corrected chi connectivity index (χ4v) is 3.49. The van der Waals surface area contributed by atoms with Crippen LogP contribution in [0.25, 0.3) is 21.7 Å². The third-order valence-corrected chi connectivity index (χ3v) is 5.00. The van der Waals surface area contributed by atoms with Gasteiger partial charge < -0.3 is 9.52 Å². The molecule has 3 aromatic rings. The standard InChI is InChI=1S/C23H25NO4/c1-3-4-5-6-7-10-24-13-16-12-17(14-25)21-19(22(16)27)9-8-18-15(2)11-20(26)28-23(18)21/h8-9,11-14,27H,3-7,10H2,1-2H3. The van der Waals surface area contributed by atoms with Gasteiger partial charge in [0.05, 0.1) is 0 Å². The molecule has 0 aliphatic carbocycles. The quantitative estimate of drug-likeness (QED) is 0.193. The third kappa shape index (κ3) is 3.98. The van der Waals surface area contributed by atoms with Gasteiger partial charge in [0, 0.05) is 46.1 Å². The fraction of sp³-hybridized carbons (Fsp3) is 0.348. The molecule has 0 radical (unpaired) electrons. The van der Waals surface area contributed by atoms with E-state index in [9.17, 15) is 14.7 Å². The summed E-state index contributed by atoms with van der Waals surface area (Å²) >= 11 is 0. The molecule has 1 heterocycles. The van der Waals surface area contributed by atoms with Crippen molar-refractivity contribution in [1.29, 1.82) is 0 Å². The molecule has 2 aromatic carbocycles. The highest BCUT2D eigenvalue weighted by Gasteiger charge is 2.16. The number of hydrogen-bond acceptors (Lipinski definition) is 5. The molecule has 0 unspecified atom stereocenters. The van der Waals surface area contributed by atoms with Crippen LogP contribution < -0.4 is 5.63 Å². The van der Waals surface area contributed by atoms with Gasteiger partial charge in [-0.05, 0) is 31.0 Å². The van der Waals surface area contributed by atoms with E-state index in [1.54, 1.807) is 24.4 Å². The second-order valence-electron chi connectivity index (χ2n) is 7.08. The van der Waals surface area contributed by atoms with Crippen LogP contribution >= 0.6 is 0 Å². The number of aldehydes is 1. The number of phenols is 1. The van der Waals surface area contributed by atoms with Crippen molar-refractivity contribution < 1.29 is 14.3 Å². The van der Waals surface area contributed by atoms with Gasteiger partial charge in [-0.2, -0.15) is 0 Å². The Morgan fingerprint density at radius 3 is 2.57 bits per heavy atom. The molecular weight excluding hydrogens is 354 g/mol. The molecule has 5 nitrogen and oxygen atoms in total. The van der Waals surface area contributed by atoms with Gasteiger partial charge in [-0.3, -0.25) is 9.79 Å². The summed E-state index contributed by atoms with van der Waals surface area (Å²) in [5.74, 6) is 0.0291. The van der Waals surface area contributed by atoms with E-state index in [1.807, 2.05) is 6.92 Å². The second kappa shape index (κ2) is 8.83. The molecule has 0 amide bonds. The number of fused-ring (bicyclic) bond motifs is 3. The van der Waals surface area contributed by atoms with Gasteiger partial charge in [-0.25, -0.2) is 4.79 Å². The summed E-state index contributed by atoms with van der Waals surface area (Å²) in [4.78, 5) is 28.0. The predicted octanol–water partition coefficient (Wildman–Crippen LogP) is 5.16. The van der Waals surface area contributed by atoms with Crippen molar-refractivity contribution in [2.75, 3.05) is 6.54 Å². The fourth-order valence-electron chi connectivity index (χ4n) is 3.49. The molecule has 5 heteroatoms. The highest BCUT2D eigenvalue weighted by molar-refractivity contribution is 6.15. The minimum atomic E-state index is -0.484. The lowest BCUT2D eigenvalue weighted by Gasteiger charge is -2.10. The molecule has 0 spiro atoms. The normalized spacial score (nSPS) is 11.6. The largest absolute Gasteiger partial charge is 0.507 e. The van der Waals surface area contributed by atoms with Crippen LogP contribution in [0.2, 0.25) is 0 Å². The van der Waals surface area contributed by atoms with Crippen LogP contribution in [0.15, 0.2) is 38.5 Å². The van der Waals surface area contributed by atoms with E-state index in [0.29, 0.717) is 40.3 Å². The van der Waals surface area contributed by atoms with E-state index < -0.39 is 5.63 Å².